The van der Waals surface area contributed by atoms with E-state index in [-0.39, 0.29) is 12.2 Å². The summed E-state index contributed by atoms with van der Waals surface area (Å²) in [5.74, 6) is 0.546. The van der Waals surface area contributed by atoms with Gasteiger partial charge in [0.1, 0.15) is 12.4 Å². The Balaban J connectivity index is 1.97. The van der Waals surface area contributed by atoms with Gasteiger partial charge >= 0.3 is 0 Å². The van der Waals surface area contributed by atoms with Gasteiger partial charge in [0.25, 0.3) is 5.56 Å². The lowest BCUT2D eigenvalue weighted by atomic mass is 9.95. The Morgan fingerprint density at radius 1 is 1.17 bits per heavy atom. The fraction of sp³-hybridized carbons (Fsp3) is 0.292. The van der Waals surface area contributed by atoms with Gasteiger partial charge in [-0.05, 0) is 35.6 Å². The third-order valence-electron chi connectivity index (χ3n) is 4.87. The number of nitriles is 1. The van der Waals surface area contributed by atoms with Crippen molar-refractivity contribution in [3.8, 4) is 17.2 Å². The van der Waals surface area contributed by atoms with Crippen molar-refractivity contribution in [2.45, 2.75) is 39.2 Å². The summed E-state index contributed by atoms with van der Waals surface area (Å²) in [5, 5.41) is 9.65. The van der Waals surface area contributed by atoms with E-state index in [4.69, 9.17) is 4.74 Å². The van der Waals surface area contributed by atoms with Crippen LogP contribution in [0.5, 0.6) is 0 Å². The first kappa shape index (κ1) is 20.5. The Labute approximate surface area is 171 Å². The maximum atomic E-state index is 12.7. The summed E-state index contributed by atoms with van der Waals surface area (Å²) >= 11 is 0. The third-order valence-corrected chi connectivity index (χ3v) is 4.87. The van der Waals surface area contributed by atoms with Crippen molar-refractivity contribution in [1.82, 2.24) is 9.97 Å². The lowest BCUT2D eigenvalue weighted by Crippen LogP contribution is -2.21. The summed E-state index contributed by atoms with van der Waals surface area (Å²) < 4.78 is 5.12. The first-order chi connectivity index (χ1) is 14.2. The van der Waals surface area contributed by atoms with Gasteiger partial charge < -0.3 is 9.72 Å². The Morgan fingerprint density at radius 3 is 2.66 bits per heavy atom. The molecule has 0 radical (unpaired) electrons. The van der Waals surface area contributed by atoms with Crippen LogP contribution >= 0.6 is 0 Å². The minimum atomic E-state index is -0.135. The Bertz CT molecular complexity index is 1070. The molecule has 3 rings (SSSR count). The van der Waals surface area contributed by atoms with E-state index in [1.54, 1.807) is 7.11 Å². The molecule has 1 N–H and O–H groups in total. The van der Waals surface area contributed by atoms with E-state index in [0.717, 1.165) is 41.6 Å². The smallest absolute Gasteiger partial charge is 0.254 e. The predicted molar refractivity (Wildman–Crippen MR) is 114 cm³/mol. The molecule has 1 aromatic heterocycles. The van der Waals surface area contributed by atoms with Crippen molar-refractivity contribution in [1.29, 1.82) is 5.26 Å². The molecule has 5 nitrogen and oxygen atoms in total. The second-order valence-electron chi connectivity index (χ2n) is 7.01. The van der Waals surface area contributed by atoms with Gasteiger partial charge in [-0.1, -0.05) is 55.8 Å². The van der Waals surface area contributed by atoms with Crippen molar-refractivity contribution >= 4 is 0 Å². The lowest BCUT2D eigenvalue weighted by Gasteiger charge is -2.11. The number of unbranched alkanes of at least 4 members (excludes halogenated alkanes) is 1. The first-order valence-corrected chi connectivity index (χ1v) is 9.84. The van der Waals surface area contributed by atoms with Crippen molar-refractivity contribution in [2.75, 3.05) is 7.11 Å². The minimum Gasteiger partial charge on any atom is -0.377 e. The molecule has 29 heavy (non-hydrogen) atoms. The monoisotopic (exact) mass is 387 g/mol. The van der Waals surface area contributed by atoms with Crippen LogP contribution in [-0.2, 0) is 24.2 Å². The second kappa shape index (κ2) is 9.81. The molecule has 5 heteroatoms. The van der Waals surface area contributed by atoms with Crippen LogP contribution in [0.2, 0.25) is 0 Å². The van der Waals surface area contributed by atoms with Crippen LogP contribution in [0.3, 0.4) is 0 Å². The number of ether oxygens (including phenoxy) is 1. The SMILES string of the molecule is CCCCc1nc(COC)[nH]c(=O)c1Cc1ccc(-c2ccccc2)c(C#N)c1. The summed E-state index contributed by atoms with van der Waals surface area (Å²) in [5.41, 5.74) is 4.76. The van der Waals surface area contributed by atoms with Gasteiger partial charge in [0, 0.05) is 19.1 Å². The fourth-order valence-corrected chi connectivity index (χ4v) is 3.40. The molecule has 0 fully saturated rings. The van der Waals surface area contributed by atoms with Crippen molar-refractivity contribution < 1.29 is 4.74 Å². The molecule has 0 spiro atoms. The maximum Gasteiger partial charge on any atom is 0.254 e. The van der Waals surface area contributed by atoms with Crippen LogP contribution < -0.4 is 5.56 Å². The molecule has 2 aromatic carbocycles. The number of aromatic nitrogens is 2. The molecular formula is C24H25N3O2. The average Bonchev–Trinajstić information content (AvgIpc) is 2.75. The molecule has 148 valence electrons. The number of methoxy groups -OCH3 is 1. The van der Waals surface area contributed by atoms with Crippen molar-refractivity contribution in [3.63, 3.8) is 0 Å². The van der Waals surface area contributed by atoms with E-state index in [1.165, 1.54) is 0 Å². The highest BCUT2D eigenvalue weighted by molar-refractivity contribution is 5.71. The van der Waals surface area contributed by atoms with E-state index < -0.39 is 0 Å². The molecule has 0 saturated heterocycles. The maximum absolute atomic E-state index is 12.7. The molecule has 0 atom stereocenters. The normalized spacial score (nSPS) is 10.7. The molecule has 0 unspecified atom stereocenters. The number of nitrogens with one attached hydrogen (secondary N) is 1. The lowest BCUT2D eigenvalue weighted by molar-refractivity contribution is 0.177. The van der Waals surface area contributed by atoms with Gasteiger partial charge in [-0.15, -0.1) is 0 Å². The van der Waals surface area contributed by atoms with Crippen LogP contribution in [0.1, 0.15) is 48.0 Å². The summed E-state index contributed by atoms with van der Waals surface area (Å²) in [7, 11) is 1.58. The van der Waals surface area contributed by atoms with Gasteiger partial charge in [-0.2, -0.15) is 5.26 Å². The van der Waals surface area contributed by atoms with Crippen molar-refractivity contribution in [3.05, 3.63) is 87.1 Å². The zero-order chi connectivity index (χ0) is 20.6. The quantitative estimate of drug-likeness (QED) is 0.622. The zero-order valence-corrected chi connectivity index (χ0v) is 16.9. The number of aromatic amines is 1. The number of rotatable bonds is 8. The highest BCUT2D eigenvalue weighted by Crippen LogP contribution is 2.25. The molecule has 0 aliphatic rings. The van der Waals surface area contributed by atoms with Crippen LogP contribution in [0.15, 0.2) is 53.3 Å². The number of aryl methyl sites for hydroxylation is 1. The number of H-pyrrole nitrogens is 1. The fourth-order valence-electron chi connectivity index (χ4n) is 3.40. The number of benzene rings is 2. The summed E-state index contributed by atoms with van der Waals surface area (Å²) in [6, 6.07) is 17.9. The summed E-state index contributed by atoms with van der Waals surface area (Å²) in [6.07, 6.45) is 3.18. The van der Waals surface area contributed by atoms with E-state index in [0.29, 0.717) is 23.4 Å². The van der Waals surface area contributed by atoms with Gasteiger partial charge in [0.05, 0.1) is 17.3 Å². The van der Waals surface area contributed by atoms with Gasteiger partial charge in [0.15, 0.2) is 0 Å². The van der Waals surface area contributed by atoms with E-state index in [1.807, 2.05) is 48.5 Å². The first-order valence-electron chi connectivity index (χ1n) is 9.84. The third kappa shape index (κ3) is 4.98. The highest BCUT2D eigenvalue weighted by Gasteiger charge is 2.14. The standard InChI is InChI=1S/C24H25N3O2/c1-3-4-10-22-21(24(28)27-23(26-22)16-29-2)14-17-11-12-20(19(13-17)15-25)18-8-6-5-7-9-18/h5-9,11-13H,3-4,10,14,16H2,1-2H3,(H,26,27,28). The molecule has 0 saturated carbocycles. The topological polar surface area (TPSA) is 78.8 Å². The van der Waals surface area contributed by atoms with Crippen LogP contribution in [0.4, 0.5) is 0 Å². The molecule has 0 aliphatic heterocycles. The zero-order valence-electron chi connectivity index (χ0n) is 16.9. The predicted octanol–water partition coefficient (Wildman–Crippen LogP) is 4.39. The number of hydrogen-bond donors (Lipinski definition) is 1. The molecular weight excluding hydrogens is 362 g/mol. The summed E-state index contributed by atoms with van der Waals surface area (Å²) in [4.78, 5) is 20.2. The summed E-state index contributed by atoms with van der Waals surface area (Å²) in [6.45, 7) is 2.39. The average molecular weight is 387 g/mol. The largest absolute Gasteiger partial charge is 0.377 e. The highest BCUT2D eigenvalue weighted by atomic mass is 16.5. The van der Waals surface area contributed by atoms with Crippen LogP contribution in [-0.4, -0.2) is 17.1 Å². The van der Waals surface area contributed by atoms with Gasteiger partial charge in [-0.3, -0.25) is 4.79 Å². The Morgan fingerprint density at radius 2 is 1.97 bits per heavy atom. The number of nitrogens with zero attached hydrogens (tertiary/aromatic N) is 2. The van der Waals surface area contributed by atoms with Crippen molar-refractivity contribution in [2.24, 2.45) is 0 Å². The van der Waals surface area contributed by atoms with Gasteiger partial charge in [0.2, 0.25) is 0 Å². The molecule has 0 amide bonds. The second-order valence-corrected chi connectivity index (χ2v) is 7.01. The molecule has 3 aromatic rings. The van der Waals surface area contributed by atoms with E-state index in [9.17, 15) is 10.1 Å². The molecule has 1 heterocycles. The minimum absolute atomic E-state index is 0.135. The Kier molecular flexibility index (Phi) is 6.94. The van der Waals surface area contributed by atoms with E-state index in [2.05, 4.69) is 23.0 Å². The molecule has 0 bridgehead atoms. The number of hydrogen-bond acceptors (Lipinski definition) is 4. The Hall–Kier alpha value is -3.23. The van der Waals surface area contributed by atoms with Crippen LogP contribution in [0, 0.1) is 11.3 Å². The van der Waals surface area contributed by atoms with Crippen LogP contribution in [0.25, 0.3) is 11.1 Å². The molecule has 0 aliphatic carbocycles. The van der Waals surface area contributed by atoms with Gasteiger partial charge in [-0.25, -0.2) is 4.98 Å². The van der Waals surface area contributed by atoms with E-state index >= 15 is 0 Å².